The SMILES string of the molecule is CNCC(C(C)C)C1CS(=O)(=O)c2ccccc21. The van der Waals surface area contributed by atoms with Gasteiger partial charge in [-0.2, -0.15) is 0 Å². The molecule has 2 rings (SSSR count). The first-order chi connectivity index (χ1) is 8.47. The average molecular weight is 267 g/mol. The van der Waals surface area contributed by atoms with Crippen LogP contribution in [0.4, 0.5) is 0 Å². The highest BCUT2D eigenvalue weighted by Crippen LogP contribution is 2.41. The Labute approximate surface area is 110 Å². The maximum atomic E-state index is 12.2. The molecule has 0 bridgehead atoms. The average Bonchev–Trinajstić information content (AvgIpc) is 2.59. The van der Waals surface area contributed by atoms with E-state index in [0.717, 1.165) is 12.1 Å². The number of rotatable bonds is 4. The van der Waals surface area contributed by atoms with Gasteiger partial charge < -0.3 is 5.32 Å². The number of sulfone groups is 1. The molecule has 0 saturated carbocycles. The molecule has 0 aromatic heterocycles. The normalized spacial score (nSPS) is 23.0. The van der Waals surface area contributed by atoms with Crippen molar-refractivity contribution in [1.82, 2.24) is 5.32 Å². The number of hydrogen-bond donors (Lipinski definition) is 1. The monoisotopic (exact) mass is 267 g/mol. The quantitative estimate of drug-likeness (QED) is 0.908. The highest BCUT2D eigenvalue weighted by molar-refractivity contribution is 7.91. The Balaban J connectivity index is 2.43. The molecule has 1 aromatic rings. The molecule has 1 aliphatic rings. The van der Waals surface area contributed by atoms with Gasteiger partial charge in [0.1, 0.15) is 0 Å². The third kappa shape index (κ3) is 2.31. The minimum atomic E-state index is -3.08. The van der Waals surface area contributed by atoms with Crippen molar-refractivity contribution in [3.8, 4) is 0 Å². The predicted molar refractivity (Wildman–Crippen MR) is 73.5 cm³/mol. The van der Waals surface area contributed by atoms with Gasteiger partial charge in [0.25, 0.3) is 0 Å². The van der Waals surface area contributed by atoms with E-state index >= 15 is 0 Å². The van der Waals surface area contributed by atoms with E-state index in [2.05, 4.69) is 19.2 Å². The first-order valence-corrected chi connectivity index (χ1v) is 8.09. The van der Waals surface area contributed by atoms with Gasteiger partial charge in [0, 0.05) is 5.92 Å². The van der Waals surface area contributed by atoms with Crippen LogP contribution >= 0.6 is 0 Å². The summed E-state index contributed by atoms with van der Waals surface area (Å²) < 4.78 is 24.3. The van der Waals surface area contributed by atoms with Crippen LogP contribution in [0.25, 0.3) is 0 Å². The van der Waals surface area contributed by atoms with Crippen LogP contribution in [0.15, 0.2) is 29.2 Å². The summed E-state index contributed by atoms with van der Waals surface area (Å²) in [7, 11) is -1.16. The van der Waals surface area contributed by atoms with Crippen LogP contribution in [0.1, 0.15) is 25.3 Å². The Bertz CT molecular complexity index is 522. The van der Waals surface area contributed by atoms with E-state index in [1.165, 1.54) is 0 Å². The van der Waals surface area contributed by atoms with Gasteiger partial charge >= 0.3 is 0 Å². The molecule has 1 aliphatic heterocycles. The molecule has 1 N–H and O–H groups in total. The van der Waals surface area contributed by atoms with Gasteiger partial charge in [0.15, 0.2) is 9.84 Å². The van der Waals surface area contributed by atoms with E-state index in [-0.39, 0.29) is 11.7 Å². The third-order valence-corrected chi connectivity index (χ3v) is 5.71. The highest BCUT2D eigenvalue weighted by Gasteiger charge is 2.39. The summed E-state index contributed by atoms with van der Waals surface area (Å²) in [6.07, 6.45) is 0. The van der Waals surface area contributed by atoms with Crippen molar-refractivity contribution in [3.63, 3.8) is 0 Å². The molecular weight excluding hydrogens is 246 g/mol. The summed E-state index contributed by atoms with van der Waals surface area (Å²) in [5.41, 5.74) is 1.01. The lowest BCUT2D eigenvalue weighted by Crippen LogP contribution is -2.29. The Morgan fingerprint density at radius 3 is 2.61 bits per heavy atom. The standard InChI is InChI=1S/C14H21NO2S/c1-10(2)12(8-15-3)13-9-18(16,17)14-7-5-4-6-11(13)14/h4-7,10,12-13,15H,8-9H2,1-3H3. The van der Waals surface area contributed by atoms with Crippen LogP contribution in [0.2, 0.25) is 0 Å². The summed E-state index contributed by atoms with van der Waals surface area (Å²) in [6.45, 7) is 5.18. The van der Waals surface area contributed by atoms with E-state index in [9.17, 15) is 8.42 Å². The number of nitrogens with one attached hydrogen (secondary N) is 1. The predicted octanol–water partition coefficient (Wildman–Crippen LogP) is 2.05. The number of fused-ring (bicyclic) bond motifs is 1. The topological polar surface area (TPSA) is 46.2 Å². The van der Waals surface area contributed by atoms with Crippen molar-refractivity contribution in [1.29, 1.82) is 0 Å². The second kappa shape index (κ2) is 5.02. The molecule has 0 fully saturated rings. The molecule has 0 spiro atoms. The van der Waals surface area contributed by atoms with Gasteiger partial charge in [-0.05, 0) is 37.1 Å². The van der Waals surface area contributed by atoms with Gasteiger partial charge in [0.05, 0.1) is 10.6 Å². The molecule has 1 heterocycles. The van der Waals surface area contributed by atoms with Crippen LogP contribution < -0.4 is 5.32 Å². The van der Waals surface area contributed by atoms with Gasteiger partial charge in [-0.15, -0.1) is 0 Å². The van der Waals surface area contributed by atoms with Gasteiger partial charge in [-0.25, -0.2) is 8.42 Å². The fourth-order valence-electron chi connectivity index (χ4n) is 2.92. The molecule has 1 aromatic carbocycles. The lowest BCUT2D eigenvalue weighted by molar-refractivity contribution is 0.326. The minimum absolute atomic E-state index is 0.124. The van der Waals surface area contributed by atoms with Gasteiger partial charge in [-0.1, -0.05) is 32.0 Å². The summed E-state index contributed by atoms with van der Waals surface area (Å²) in [4.78, 5) is 0.539. The maximum absolute atomic E-state index is 12.2. The van der Waals surface area contributed by atoms with Crippen molar-refractivity contribution < 1.29 is 8.42 Å². The second-order valence-corrected chi connectivity index (χ2v) is 7.39. The zero-order valence-corrected chi connectivity index (χ0v) is 12.0. The van der Waals surface area contributed by atoms with Crippen LogP contribution in [-0.4, -0.2) is 27.8 Å². The molecule has 2 atom stereocenters. The summed E-state index contributed by atoms with van der Waals surface area (Å²) in [5, 5.41) is 3.19. The Morgan fingerprint density at radius 1 is 1.33 bits per heavy atom. The van der Waals surface area contributed by atoms with Crippen molar-refractivity contribution in [2.75, 3.05) is 19.3 Å². The van der Waals surface area contributed by atoms with Crippen molar-refractivity contribution in [3.05, 3.63) is 29.8 Å². The fraction of sp³-hybridized carbons (Fsp3) is 0.571. The van der Waals surface area contributed by atoms with Crippen molar-refractivity contribution in [2.45, 2.75) is 24.7 Å². The Kier molecular flexibility index (Phi) is 3.78. The van der Waals surface area contributed by atoms with Crippen LogP contribution in [0.5, 0.6) is 0 Å². The largest absolute Gasteiger partial charge is 0.319 e. The Hall–Kier alpha value is -0.870. The lowest BCUT2D eigenvalue weighted by Gasteiger charge is -2.27. The first-order valence-electron chi connectivity index (χ1n) is 6.43. The van der Waals surface area contributed by atoms with Gasteiger partial charge in [-0.3, -0.25) is 0 Å². The van der Waals surface area contributed by atoms with E-state index in [4.69, 9.17) is 0 Å². The first kappa shape index (κ1) is 13.6. The zero-order chi connectivity index (χ0) is 13.3. The maximum Gasteiger partial charge on any atom is 0.179 e. The van der Waals surface area contributed by atoms with E-state index < -0.39 is 9.84 Å². The molecule has 0 radical (unpaired) electrons. The summed E-state index contributed by atoms with van der Waals surface area (Å²) in [5.74, 6) is 1.20. The van der Waals surface area contributed by atoms with Crippen molar-refractivity contribution >= 4 is 9.84 Å². The summed E-state index contributed by atoms with van der Waals surface area (Å²) >= 11 is 0. The highest BCUT2D eigenvalue weighted by atomic mass is 32.2. The Morgan fingerprint density at radius 2 is 2.00 bits per heavy atom. The lowest BCUT2D eigenvalue weighted by atomic mass is 9.80. The van der Waals surface area contributed by atoms with Crippen LogP contribution in [0.3, 0.4) is 0 Å². The molecule has 0 saturated heterocycles. The van der Waals surface area contributed by atoms with Crippen molar-refractivity contribution in [2.24, 2.45) is 11.8 Å². The van der Waals surface area contributed by atoms with Crippen LogP contribution in [0, 0.1) is 11.8 Å². The summed E-state index contributed by atoms with van der Waals surface area (Å²) in [6, 6.07) is 7.45. The number of hydrogen-bond acceptors (Lipinski definition) is 3. The fourth-order valence-corrected chi connectivity index (χ4v) is 4.86. The smallest absolute Gasteiger partial charge is 0.179 e. The molecule has 4 heteroatoms. The molecule has 0 amide bonds. The molecule has 0 aliphatic carbocycles. The van der Waals surface area contributed by atoms with Crippen LogP contribution in [-0.2, 0) is 9.84 Å². The number of benzene rings is 1. The zero-order valence-electron chi connectivity index (χ0n) is 11.2. The minimum Gasteiger partial charge on any atom is -0.319 e. The molecular formula is C14H21NO2S. The van der Waals surface area contributed by atoms with E-state index in [0.29, 0.717) is 16.7 Å². The van der Waals surface area contributed by atoms with E-state index in [1.54, 1.807) is 12.1 Å². The molecule has 100 valence electrons. The van der Waals surface area contributed by atoms with Gasteiger partial charge in [0.2, 0.25) is 0 Å². The third-order valence-electron chi connectivity index (χ3n) is 3.87. The molecule has 18 heavy (non-hydrogen) atoms. The molecule has 3 nitrogen and oxygen atoms in total. The van der Waals surface area contributed by atoms with E-state index in [1.807, 2.05) is 19.2 Å². The molecule has 2 unspecified atom stereocenters. The second-order valence-electron chi connectivity index (χ2n) is 5.39.